The molecular formula is C17H29N5. The highest BCUT2D eigenvalue weighted by Gasteiger charge is 2.36. The van der Waals surface area contributed by atoms with Gasteiger partial charge in [-0.2, -0.15) is 0 Å². The van der Waals surface area contributed by atoms with Crippen molar-refractivity contribution >= 4 is 0 Å². The SMILES string of the molecule is CCc1nccc(CN(C)CC2NNC3CCCCCC32)n1. The zero-order chi connectivity index (χ0) is 15.4. The Labute approximate surface area is 133 Å². The standard InChI is InChI=1S/C17H29N5/c1-3-17-18-10-9-13(19-17)11-22(2)12-16-14-7-5-4-6-8-15(14)20-21-16/h9-10,14-16,20-21H,3-8,11-12H2,1-2H3. The van der Waals surface area contributed by atoms with Gasteiger partial charge < -0.3 is 0 Å². The summed E-state index contributed by atoms with van der Waals surface area (Å²) < 4.78 is 0. The molecule has 1 aromatic rings. The van der Waals surface area contributed by atoms with Gasteiger partial charge >= 0.3 is 0 Å². The third-order valence-corrected chi connectivity index (χ3v) is 5.06. The molecule has 3 unspecified atom stereocenters. The quantitative estimate of drug-likeness (QED) is 0.870. The summed E-state index contributed by atoms with van der Waals surface area (Å²) in [5.41, 5.74) is 8.20. The van der Waals surface area contributed by atoms with Gasteiger partial charge in [-0.25, -0.2) is 9.97 Å². The minimum absolute atomic E-state index is 0.556. The van der Waals surface area contributed by atoms with E-state index in [9.17, 15) is 0 Å². The van der Waals surface area contributed by atoms with Crippen molar-refractivity contribution in [1.29, 1.82) is 0 Å². The van der Waals surface area contributed by atoms with E-state index in [0.29, 0.717) is 12.1 Å². The van der Waals surface area contributed by atoms with E-state index in [1.54, 1.807) is 0 Å². The van der Waals surface area contributed by atoms with Gasteiger partial charge in [-0.05, 0) is 31.9 Å². The van der Waals surface area contributed by atoms with Gasteiger partial charge in [0.25, 0.3) is 0 Å². The molecule has 0 aromatic carbocycles. The lowest BCUT2D eigenvalue weighted by molar-refractivity contribution is 0.252. The molecule has 122 valence electrons. The summed E-state index contributed by atoms with van der Waals surface area (Å²) in [5, 5.41) is 0. The van der Waals surface area contributed by atoms with E-state index in [2.05, 4.69) is 39.7 Å². The number of likely N-dealkylation sites (N-methyl/N-ethyl adjacent to an activating group) is 1. The van der Waals surface area contributed by atoms with E-state index in [0.717, 1.165) is 36.9 Å². The molecular weight excluding hydrogens is 274 g/mol. The lowest BCUT2D eigenvalue weighted by Gasteiger charge is -2.25. The maximum absolute atomic E-state index is 4.61. The van der Waals surface area contributed by atoms with E-state index in [1.807, 2.05) is 12.3 Å². The number of hydrogen-bond donors (Lipinski definition) is 2. The molecule has 0 amide bonds. The number of hydrogen-bond acceptors (Lipinski definition) is 5. The molecule has 2 aliphatic rings. The summed E-state index contributed by atoms with van der Waals surface area (Å²) in [4.78, 5) is 11.3. The van der Waals surface area contributed by atoms with E-state index in [1.165, 1.54) is 32.1 Å². The molecule has 1 aromatic heterocycles. The molecule has 2 fully saturated rings. The van der Waals surface area contributed by atoms with Crippen molar-refractivity contribution in [2.24, 2.45) is 5.92 Å². The minimum Gasteiger partial charge on any atom is -0.299 e. The zero-order valence-electron chi connectivity index (χ0n) is 13.9. The molecule has 1 aliphatic heterocycles. The molecule has 22 heavy (non-hydrogen) atoms. The Morgan fingerprint density at radius 2 is 2.09 bits per heavy atom. The number of hydrazine groups is 1. The van der Waals surface area contributed by atoms with Gasteiger partial charge in [-0.3, -0.25) is 15.8 Å². The Morgan fingerprint density at radius 3 is 2.95 bits per heavy atom. The molecule has 1 saturated heterocycles. The predicted octanol–water partition coefficient (Wildman–Crippen LogP) is 1.90. The smallest absolute Gasteiger partial charge is 0.128 e. The van der Waals surface area contributed by atoms with Crippen molar-refractivity contribution in [3.63, 3.8) is 0 Å². The van der Waals surface area contributed by atoms with Crippen LogP contribution in [0.25, 0.3) is 0 Å². The monoisotopic (exact) mass is 303 g/mol. The molecule has 3 atom stereocenters. The van der Waals surface area contributed by atoms with Gasteiger partial charge in [-0.1, -0.05) is 26.2 Å². The molecule has 1 saturated carbocycles. The van der Waals surface area contributed by atoms with Crippen LogP contribution in [0.1, 0.15) is 50.5 Å². The van der Waals surface area contributed by atoms with Crippen molar-refractivity contribution in [1.82, 2.24) is 25.7 Å². The Morgan fingerprint density at radius 1 is 1.23 bits per heavy atom. The van der Waals surface area contributed by atoms with Crippen LogP contribution in [0.3, 0.4) is 0 Å². The first-order valence-electron chi connectivity index (χ1n) is 8.76. The summed E-state index contributed by atoms with van der Waals surface area (Å²) in [6, 6.07) is 3.26. The molecule has 5 nitrogen and oxygen atoms in total. The maximum atomic E-state index is 4.61. The highest BCUT2D eigenvalue weighted by molar-refractivity contribution is 5.03. The summed E-state index contributed by atoms with van der Waals surface area (Å²) in [6.45, 7) is 4.06. The van der Waals surface area contributed by atoms with Crippen LogP contribution in [0.4, 0.5) is 0 Å². The van der Waals surface area contributed by atoms with Crippen LogP contribution in [0, 0.1) is 5.92 Å². The van der Waals surface area contributed by atoms with Crippen LogP contribution in [-0.2, 0) is 13.0 Å². The van der Waals surface area contributed by atoms with Gasteiger partial charge in [0.15, 0.2) is 0 Å². The Kier molecular flexibility index (Phi) is 5.39. The maximum Gasteiger partial charge on any atom is 0.128 e. The third kappa shape index (κ3) is 3.83. The van der Waals surface area contributed by atoms with Crippen LogP contribution in [-0.4, -0.2) is 40.5 Å². The van der Waals surface area contributed by atoms with Crippen molar-refractivity contribution in [2.75, 3.05) is 13.6 Å². The second-order valence-corrected chi connectivity index (χ2v) is 6.82. The van der Waals surface area contributed by atoms with Gasteiger partial charge in [0.05, 0.1) is 5.69 Å². The highest BCUT2D eigenvalue weighted by Crippen LogP contribution is 2.29. The average molecular weight is 303 g/mol. The van der Waals surface area contributed by atoms with Gasteiger partial charge in [-0.15, -0.1) is 0 Å². The minimum atomic E-state index is 0.556. The fourth-order valence-electron chi connectivity index (χ4n) is 3.88. The first kappa shape index (κ1) is 15.8. The number of rotatable bonds is 5. The first-order chi connectivity index (χ1) is 10.8. The van der Waals surface area contributed by atoms with E-state index in [-0.39, 0.29) is 0 Å². The number of nitrogens with one attached hydrogen (secondary N) is 2. The zero-order valence-corrected chi connectivity index (χ0v) is 13.9. The normalized spacial score (nSPS) is 28.6. The van der Waals surface area contributed by atoms with Gasteiger partial charge in [0, 0.05) is 37.8 Å². The highest BCUT2D eigenvalue weighted by atomic mass is 15.4. The Hall–Kier alpha value is -1.04. The molecule has 2 N–H and O–H groups in total. The van der Waals surface area contributed by atoms with Crippen LogP contribution >= 0.6 is 0 Å². The summed E-state index contributed by atoms with van der Waals surface area (Å²) in [6.07, 6.45) is 9.62. The van der Waals surface area contributed by atoms with E-state index >= 15 is 0 Å². The second kappa shape index (κ2) is 7.49. The van der Waals surface area contributed by atoms with Gasteiger partial charge in [0.2, 0.25) is 0 Å². The second-order valence-electron chi connectivity index (χ2n) is 6.82. The van der Waals surface area contributed by atoms with Crippen molar-refractivity contribution in [3.8, 4) is 0 Å². The molecule has 0 radical (unpaired) electrons. The number of aryl methyl sites for hydroxylation is 1. The summed E-state index contributed by atoms with van der Waals surface area (Å²) in [7, 11) is 2.19. The van der Waals surface area contributed by atoms with Crippen molar-refractivity contribution in [2.45, 2.75) is 64.1 Å². The fourth-order valence-corrected chi connectivity index (χ4v) is 3.88. The molecule has 0 bridgehead atoms. The third-order valence-electron chi connectivity index (χ3n) is 5.06. The number of nitrogens with zero attached hydrogens (tertiary/aromatic N) is 3. The summed E-state index contributed by atoms with van der Waals surface area (Å²) in [5.74, 6) is 1.72. The Bertz CT molecular complexity index is 478. The largest absolute Gasteiger partial charge is 0.299 e. The molecule has 5 heteroatoms. The molecule has 2 heterocycles. The average Bonchev–Trinajstić information content (AvgIpc) is 2.75. The fraction of sp³-hybridized carbons (Fsp3) is 0.765. The molecule has 0 spiro atoms. The van der Waals surface area contributed by atoms with E-state index < -0.39 is 0 Å². The predicted molar refractivity (Wildman–Crippen MR) is 88.2 cm³/mol. The van der Waals surface area contributed by atoms with Crippen LogP contribution in [0.15, 0.2) is 12.3 Å². The number of fused-ring (bicyclic) bond motifs is 1. The molecule has 1 aliphatic carbocycles. The topological polar surface area (TPSA) is 53.1 Å². The van der Waals surface area contributed by atoms with Gasteiger partial charge in [0.1, 0.15) is 5.82 Å². The Balaban J connectivity index is 1.55. The first-order valence-corrected chi connectivity index (χ1v) is 8.76. The summed E-state index contributed by atoms with van der Waals surface area (Å²) >= 11 is 0. The van der Waals surface area contributed by atoms with Crippen LogP contribution in [0.2, 0.25) is 0 Å². The lowest BCUT2D eigenvalue weighted by Crippen LogP contribution is -2.41. The lowest BCUT2D eigenvalue weighted by atomic mass is 9.90. The number of aromatic nitrogens is 2. The van der Waals surface area contributed by atoms with Crippen molar-refractivity contribution < 1.29 is 0 Å². The van der Waals surface area contributed by atoms with Crippen LogP contribution in [0.5, 0.6) is 0 Å². The van der Waals surface area contributed by atoms with Crippen LogP contribution < -0.4 is 10.9 Å². The molecule has 3 rings (SSSR count). The van der Waals surface area contributed by atoms with Crippen molar-refractivity contribution in [3.05, 3.63) is 23.8 Å². The van der Waals surface area contributed by atoms with E-state index in [4.69, 9.17) is 0 Å².